The molecule has 0 aliphatic heterocycles. The van der Waals surface area contributed by atoms with E-state index in [4.69, 9.17) is 9.47 Å². The predicted molar refractivity (Wildman–Crippen MR) is 111 cm³/mol. The number of hydrogen-bond acceptors (Lipinski definition) is 5. The third-order valence-electron chi connectivity index (χ3n) is 4.31. The Bertz CT molecular complexity index is 1100. The van der Waals surface area contributed by atoms with Crippen LogP contribution in [0.1, 0.15) is 18.9 Å². The zero-order chi connectivity index (χ0) is 20.7. The van der Waals surface area contributed by atoms with E-state index in [-0.39, 0.29) is 24.5 Å². The number of rotatable bonds is 9. The van der Waals surface area contributed by atoms with Crippen molar-refractivity contribution in [1.29, 1.82) is 0 Å². The van der Waals surface area contributed by atoms with E-state index in [0.29, 0.717) is 12.4 Å². The van der Waals surface area contributed by atoms with E-state index in [1.807, 2.05) is 55.5 Å². The van der Waals surface area contributed by atoms with Gasteiger partial charge in [-0.05, 0) is 35.9 Å². The second-order valence-corrected chi connectivity index (χ2v) is 8.13. The number of nitrogens with one attached hydrogen (secondary N) is 1. The maximum Gasteiger partial charge on any atom is 0.307 e. The van der Waals surface area contributed by atoms with Crippen molar-refractivity contribution < 1.29 is 22.7 Å². The van der Waals surface area contributed by atoms with Crippen LogP contribution >= 0.6 is 0 Å². The lowest BCUT2D eigenvalue weighted by atomic mass is 10.1. The number of fused-ring (bicyclic) bond motifs is 1. The van der Waals surface area contributed by atoms with Crippen LogP contribution in [0.2, 0.25) is 0 Å². The predicted octanol–water partition coefficient (Wildman–Crippen LogP) is 3.65. The van der Waals surface area contributed by atoms with Gasteiger partial charge in [0.15, 0.2) is 0 Å². The topological polar surface area (TPSA) is 81.7 Å². The number of ether oxygens (including phenoxy) is 2. The lowest BCUT2D eigenvalue weighted by molar-refractivity contribution is -0.144. The van der Waals surface area contributed by atoms with Crippen molar-refractivity contribution in [3.63, 3.8) is 0 Å². The highest BCUT2D eigenvalue weighted by Crippen LogP contribution is 2.20. The molecular formula is C22H23NO5S. The largest absolute Gasteiger partial charge is 0.493 e. The Morgan fingerprint density at radius 1 is 0.966 bits per heavy atom. The summed E-state index contributed by atoms with van der Waals surface area (Å²) in [6.45, 7) is 2.43. The molecule has 0 aliphatic carbocycles. The van der Waals surface area contributed by atoms with Crippen LogP contribution in [0.15, 0.2) is 71.6 Å². The highest BCUT2D eigenvalue weighted by atomic mass is 32.2. The fourth-order valence-electron chi connectivity index (χ4n) is 2.86. The summed E-state index contributed by atoms with van der Waals surface area (Å²) in [6, 6.07) is 19.7. The first-order valence-electron chi connectivity index (χ1n) is 9.34. The van der Waals surface area contributed by atoms with E-state index in [0.717, 1.165) is 16.3 Å². The van der Waals surface area contributed by atoms with Crippen molar-refractivity contribution in [3.8, 4) is 5.75 Å². The third kappa shape index (κ3) is 5.56. The van der Waals surface area contributed by atoms with Crippen molar-refractivity contribution in [3.05, 3.63) is 72.3 Å². The van der Waals surface area contributed by atoms with Crippen molar-refractivity contribution in [2.45, 2.75) is 24.8 Å². The molecule has 0 fully saturated rings. The van der Waals surface area contributed by atoms with E-state index in [1.54, 1.807) is 18.2 Å². The molecule has 3 aromatic carbocycles. The minimum Gasteiger partial charge on any atom is -0.493 e. The van der Waals surface area contributed by atoms with Crippen LogP contribution in [0, 0.1) is 0 Å². The van der Waals surface area contributed by atoms with Gasteiger partial charge in [0.05, 0.1) is 17.9 Å². The Balaban J connectivity index is 1.52. The minimum absolute atomic E-state index is 0.0406. The average Bonchev–Trinajstić information content (AvgIpc) is 2.73. The highest BCUT2D eigenvalue weighted by Gasteiger charge is 2.15. The van der Waals surface area contributed by atoms with Crippen molar-refractivity contribution in [2.75, 3.05) is 13.2 Å². The summed E-state index contributed by atoms with van der Waals surface area (Å²) in [5.74, 6) is 0.178. The molecule has 0 atom stereocenters. The molecule has 6 nitrogen and oxygen atoms in total. The van der Waals surface area contributed by atoms with E-state index >= 15 is 0 Å². The van der Waals surface area contributed by atoms with Gasteiger partial charge in [-0.2, -0.15) is 0 Å². The molecule has 3 aromatic rings. The zero-order valence-electron chi connectivity index (χ0n) is 16.1. The van der Waals surface area contributed by atoms with Gasteiger partial charge in [-0.15, -0.1) is 0 Å². The van der Waals surface area contributed by atoms with Crippen molar-refractivity contribution in [2.24, 2.45) is 0 Å². The van der Waals surface area contributed by atoms with E-state index in [2.05, 4.69) is 4.72 Å². The normalized spacial score (nSPS) is 11.3. The van der Waals surface area contributed by atoms with Gasteiger partial charge in [0.25, 0.3) is 0 Å². The smallest absolute Gasteiger partial charge is 0.307 e. The first kappa shape index (κ1) is 20.8. The second-order valence-electron chi connectivity index (χ2n) is 6.36. The molecule has 7 heteroatoms. The lowest BCUT2D eigenvalue weighted by Gasteiger charge is -2.11. The van der Waals surface area contributed by atoms with Gasteiger partial charge in [-0.1, -0.05) is 48.5 Å². The summed E-state index contributed by atoms with van der Waals surface area (Å²) in [4.78, 5) is 12.1. The number of esters is 1. The van der Waals surface area contributed by atoms with Crippen LogP contribution in [0.5, 0.6) is 5.75 Å². The quantitative estimate of drug-likeness (QED) is 0.542. The monoisotopic (exact) mass is 413 g/mol. The SMILES string of the molecule is CCOc1ccccc1COC(=O)CCNS(=O)(=O)c1ccc2ccccc2c1. The number of benzene rings is 3. The van der Waals surface area contributed by atoms with Crippen molar-refractivity contribution >= 4 is 26.8 Å². The summed E-state index contributed by atoms with van der Waals surface area (Å²) in [7, 11) is -3.71. The molecule has 0 radical (unpaired) electrons. The number of carbonyl (C=O) groups is 1. The zero-order valence-corrected chi connectivity index (χ0v) is 16.9. The van der Waals surface area contributed by atoms with Crippen LogP contribution in [0.4, 0.5) is 0 Å². The summed E-state index contributed by atoms with van der Waals surface area (Å²) >= 11 is 0. The Morgan fingerprint density at radius 3 is 2.48 bits per heavy atom. The third-order valence-corrected chi connectivity index (χ3v) is 5.77. The van der Waals surface area contributed by atoms with Crippen LogP contribution in [0.3, 0.4) is 0 Å². The Kier molecular flexibility index (Phi) is 6.85. The van der Waals surface area contributed by atoms with Gasteiger partial charge < -0.3 is 9.47 Å². The number of hydrogen-bond donors (Lipinski definition) is 1. The molecule has 0 unspecified atom stereocenters. The molecule has 1 N–H and O–H groups in total. The molecule has 29 heavy (non-hydrogen) atoms. The first-order chi connectivity index (χ1) is 14.0. The average molecular weight is 413 g/mol. The highest BCUT2D eigenvalue weighted by molar-refractivity contribution is 7.89. The molecular weight excluding hydrogens is 390 g/mol. The van der Waals surface area contributed by atoms with Crippen LogP contribution < -0.4 is 9.46 Å². The van der Waals surface area contributed by atoms with Crippen molar-refractivity contribution in [1.82, 2.24) is 4.72 Å². The molecule has 0 bridgehead atoms. The lowest BCUT2D eigenvalue weighted by Crippen LogP contribution is -2.26. The van der Waals surface area contributed by atoms with E-state index < -0.39 is 16.0 Å². The van der Waals surface area contributed by atoms with Gasteiger partial charge in [0.2, 0.25) is 10.0 Å². The molecule has 0 heterocycles. The summed E-state index contributed by atoms with van der Waals surface area (Å²) in [5, 5.41) is 1.80. The van der Waals surface area contributed by atoms with E-state index in [1.165, 1.54) is 0 Å². The molecule has 0 aliphatic rings. The van der Waals surface area contributed by atoms with Gasteiger partial charge in [0.1, 0.15) is 12.4 Å². The van der Waals surface area contributed by atoms with Gasteiger partial charge in [-0.3, -0.25) is 4.79 Å². The second kappa shape index (κ2) is 9.54. The fourth-order valence-corrected chi connectivity index (χ4v) is 3.92. The molecule has 0 saturated heterocycles. The number of para-hydroxylation sites is 1. The Morgan fingerprint density at radius 2 is 1.69 bits per heavy atom. The summed E-state index contributed by atoms with van der Waals surface area (Å²) < 4.78 is 38.1. The molecule has 0 aromatic heterocycles. The maximum atomic E-state index is 12.5. The van der Waals surface area contributed by atoms with Crippen LogP contribution in [-0.4, -0.2) is 27.5 Å². The molecule has 0 spiro atoms. The Labute approximate surface area is 170 Å². The standard InChI is InChI=1S/C22H23NO5S/c1-2-27-21-10-6-5-9-19(21)16-28-22(24)13-14-23-29(25,26)20-12-11-17-7-3-4-8-18(17)15-20/h3-12,15,23H,2,13-14,16H2,1H3. The maximum absolute atomic E-state index is 12.5. The van der Waals surface area contributed by atoms with Gasteiger partial charge >= 0.3 is 5.97 Å². The van der Waals surface area contributed by atoms with E-state index in [9.17, 15) is 13.2 Å². The molecule has 152 valence electrons. The first-order valence-corrected chi connectivity index (χ1v) is 10.8. The molecule has 0 saturated carbocycles. The van der Waals surface area contributed by atoms with Crippen LogP contribution in [0.25, 0.3) is 10.8 Å². The molecule has 3 rings (SSSR count). The minimum atomic E-state index is -3.71. The van der Waals surface area contributed by atoms with Gasteiger partial charge in [-0.25, -0.2) is 13.1 Å². The summed E-state index contributed by atoms with van der Waals surface area (Å²) in [6.07, 6.45) is -0.0659. The Hall–Kier alpha value is -2.90. The van der Waals surface area contributed by atoms with Gasteiger partial charge in [0, 0.05) is 12.1 Å². The van der Waals surface area contributed by atoms with Crippen LogP contribution in [-0.2, 0) is 26.2 Å². The number of sulfonamides is 1. The summed E-state index contributed by atoms with van der Waals surface area (Å²) in [5.41, 5.74) is 0.763. The fraction of sp³-hybridized carbons (Fsp3) is 0.227. The number of carbonyl (C=O) groups excluding carboxylic acids is 1. The molecule has 0 amide bonds.